The third kappa shape index (κ3) is 2.29. The lowest BCUT2D eigenvalue weighted by Gasteiger charge is -2.05. The number of benzene rings is 2. The molecule has 0 spiro atoms. The number of nitrogens with two attached hydrogens (primary N) is 1. The number of nitrogens with one attached hydrogen (secondary N) is 2. The lowest BCUT2D eigenvalue weighted by atomic mass is 10.2. The summed E-state index contributed by atoms with van der Waals surface area (Å²) in [5, 5.41) is 9.34. The van der Waals surface area contributed by atoms with Gasteiger partial charge in [-0.1, -0.05) is 6.07 Å². The van der Waals surface area contributed by atoms with Gasteiger partial charge in [-0.25, -0.2) is 8.78 Å². The fourth-order valence-corrected chi connectivity index (χ4v) is 1.99. The highest BCUT2D eigenvalue weighted by Gasteiger charge is 2.17. The number of aromatic nitrogens is 2. The van der Waals surface area contributed by atoms with Gasteiger partial charge in [0, 0.05) is 11.1 Å². The zero-order chi connectivity index (χ0) is 15.0. The van der Waals surface area contributed by atoms with E-state index < -0.39 is 17.5 Å². The lowest BCUT2D eigenvalue weighted by Crippen LogP contribution is -2.14. The predicted octanol–water partition coefficient (Wildman–Crippen LogP) is 2.68. The van der Waals surface area contributed by atoms with Crippen molar-refractivity contribution >= 4 is 28.2 Å². The Balaban J connectivity index is 1.97. The molecule has 0 saturated heterocycles. The highest BCUT2D eigenvalue weighted by Crippen LogP contribution is 2.21. The summed E-state index contributed by atoms with van der Waals surface area (Å²) in [5.74, 6) is -2.81. The Morgan fingerprint density at radius 1 is 1.24 bits per heavy atom. The van der Waals surface area contributed by atoms with E-state index in [9.17, 15) is 13.6 Å². The number of halogens is 2. The number of fused-ring (bicyclic) bond motifs is 1. The Bertz CT molecular complexity index is 844. The van der Waals surface area contributed by atoms with Crippen molar-refractivity contribution in [3.05, 3.63) is 53.7 Å². The van der Waals surface area contributed by atoms with Crippen molar-refractivity contribution in [2.45, 2.75) is 0 Å². The highest BCUT2D eigenvalue weighted by molar-refractivity contribution is 6.11. The number of nitrogens with zero attached hydrogens (tertiary/aromatic N) is 1. The van der Waals surface area contributed by atoms with Gasteiger partial charge in [0.15, 0.2) is 17.3 Å². The maximum atomic E-state index is 13.5. The number of aromatic amines is 1. The molecule has 106 valence electrons. The number of carbonyl (C=O) groups excluding carboxylic acids is 1. The number of hydrogen-bond donors (Lipinski definition) is 3. The van der Waals surface area contributed by atoms with E-state index in [0.717, 1.165) is 6.07 Å². The van der Waals surface area contributed by atoms with Crippen LogP contribution in [0.25, 0.3) is 10.9 Å². The van der Waals surface area contributed by atoms with Crippen LogP contribution in [0.2, 0.25) is 0 Å². The molecule has 3 rings (SSSR count). The summed E-state index contributed by atoms with van der Waals surface area (Å²) in [6, 6.07) is 8.45. The fraction of sp³-hybridized carbons (Fsp3) is 0. The summed E-state index contributed by atoms with van der Waals surface area (Å²) in [4.78, 5) is 12.1. The molecule has 2 aromatic carbocycles. The van der Waals surface area contributed by atoms with Gasteiger partial charge in [-0.3, -0.25) is 9.89 Å². The van der Waals surface area contributed by atoms with Crippen LogP contribution >= 0.6 is 0 Å². The Morgan fingerprint density at radius 2 is 2.05 bits per heavy atom. The smallest absolute Gasteiger partial charge is 0.276 e. The average Bonchev–Trinajstić information content (AvgIpc) is 2.87. The van der Waals surface area contributed by atoms with Crippen LogP contribution in [0.5, 0.6) is 0 Å². The SMILES string of the molecule is Nc1ccc2[nH]nc(C(=O)Nc3cccc(F)c3F)c2c1. The summed E-state index contributed by atoms with van der Waals surface area (Å²) >= 11 is 0. The summed E-state index contributed by atoms with van der Waals surface area (Å²) in [6.45, 7) is 0. The third-order valence-electron chi connectivity index (χ3n) is 3.00. The van der Waals surface area contributed by atoms with E-state index >= 15 is 0 Å². The van der Waals surface area contributed by atoms with Crippen molar-refractivity contribution in [1.82, 2.24) is 10.2 Å². The monoisotopic (exact) mass is 288 g/mol. The average molecular weight is 288 g/mol. The van der Waals surface area contributed by atoms with Crippen LogP contribution in [0, 0.1) is 11.6 Å². The molecule has 0 radical (unpaired) electrons. The van der Waals surface area contributed by atoms with Gasteiger partial charge in [-0.2, -0.15) is 5.10 Å². The maximum Gasteiger partial charge on any atom is 0.276 e. The topological polar surface area (TPSA) is 83.8 Å². The molecule has 0 aliphatic heterocycles. The minimum atomic E-state index is -1.12. The Morgan fingerprint density at radius 3 is 2.86 bits per heavy atom. The number of H-pyrrole nitrogens is 1. The van der Waals surface area contributed by atoms with E-state index in [1.54, 1.807) is 18.2 Å². The van der Waals surface area contributed by atoms with Crippen molar-refractivity contribution in [3.8, 4) is 0 Å². The van der Waals surface area contributed by atoms with Gasteiger partial charge >= 0.3 is 0 Å². The van der Waals surface area contributed by atoms with Crippen LogP contribution in [0.3, 0.4) is 0 Å². The van der Waals surface area contributed by atoms with Gasteiger partial charge in [-0.05, 0) is 30.3 Å². The minimum absolute atomic E-state index is 0.0564. The first kappa shape index (κ1) is 13.0. The number of carbonyl (C=O) groups is 1. The van der Waals surface area contributed by atoms with Crippen LogP contribution < -0.4 is 11.1 Å². The van der Waals surface area contributed by atoms with Gasteiger partial charge < -0.3 is 11.1 Å². The van der Waals surface area contributed by atoms with E-state index in [-0.39, 0.29) is 11.4 Å². The van der Waals surface area contributed by atoms with Crippen LogP contribution in [0.4, 0.5) is 20.2 Å². The molecule has 1 amide bonds. The second-order valence-corrected chi connectivity index (χ2v) is 4.43. The fourth-order valence-electron chi connectivity index (χ4n) is 1.99. The molecule has 3 aromatic rings. The molecule has 0 saturated carbocycles. The Hall–Kier alpha value is -2.96. The lowest BCUT2D eigenvalue weighted by molar-refractivity contribution is 0.102. The number of anilines is 2. The van der Waals surface area contributed by atoms with Crippen molar-refractivity contribution in [2.75, 3.05) is 11.1 Å². The summed E-state index contributed by atoms with van der Waals surface area (Å²) in [5.41, 5.74) is 6.56. The van der Waals surface area contributed by atoms with E-state index in [4.69, 9.17) is 5.73 Å². The minimum Gasteiger partial charge on any atom is -0.399 e. The Labute approximate surface area is 117 Å². The number of rotatable bonds is 2. The van der Waals surface area contributed by atoms with Crippen LogP contribution in [0.1, 0.15) is 10.5 Å². The molecule has 0 unspecified atom stereocenters. The molecule has 5 nitrogen and oxygen atoms in total. The zero-order valence-corrected chi connectivity index (χ0v) is 10.7. The number of hydrogen-bond acceptors (Lipinski definition) is 3. The molecule has 0 atom stereocenters. The molecular formula is C14H10F2N4O. The van der Waals surface area contributed by atoms with Crippen molar-refractivity contribution < 1.29 is 13.6 Å². The molecule has 0 aliphatic carbocycles. The first-order valence-corrected chi connectivity index (χ1v) is 6.05. The number of amides is 1. The molecule has 0 aliphatic rings. The highest BCUT2D eigenvalue weighted by atomic mass is 19.2. The standard InChI is InChI=1S/C14H10F2N4O/c15-9-2-1-3-11(12(9)16)18-14(21)13-8-6-7(17)4-5-10(8)19-20-13/h1-6H,17H2,(H,18,21)(H,19,20). The van der Waals surface area contributed by atoms with Gasteiger partial charge in [0.2, 0.25) is 0 Å². The van der Waals surface area contributed by atoms with E-state index in [0.29, 0.717) is 16.6 Å². The second-order valence-electron chi connectivity index (χ2n) is 4.43. The molecular weight excluding hydrogens is 278 g/mol. The van der Waals surface area contributed by atoms with E-state index in [2.05, 4.69) is 15.5 Å². The molecule has 1 aromatic heterocycles. The second kappa shape index (κ2) is 4.86. The maximum absolute atomic E-state index is 13.5. The third-order valence-corrected chi connectivity index (χ3v) is 3.00. The normalized spacial score (nSPS) is 10.8. The zero-order valence-electron chi connectivity index (χ0n) is 10.7. The van der Waals surface area contributed by atoms with Gasteiger partial charge in [-0.15, -0.1) is 0 Å². The van der Waals surface area contributed by atoms with Crippen LogP contribution in [-0.4, -0.2) is 16.1 Å². The molecule has 1 heterocycles. The first-order chi connectivity index (χ1) is 10.1. The largest absolute Gasteiger partial charge is 0.399 e. The summed E-state index contributed by atoms with van der Waals surface area (Å²) in [7, 11) is 0. The molecule has 7 heteroatoms. The number of nitrogen functional groups attached to an aromatic ring is 1. The van der Waals surface area contributed by atoms with E-state index in [1.807, 2.05) is 0 Å². The first-order valence-electron chi connectivity index (χ1n) is 6.05. The molecule has 0 fully saturated rings. The van der Waals surface area contributed by atoms with Crippen LogP contribution in [-0.2, 0) is 0 Å². The van der Waals surface area contributed by atoms with Crippen molar-refractivity contribution in [1.29, 1.82) is 0 Å². The van der Waals surface area contributed by atoms with Gasteiger partial charge in [0.1, 0.15) is 0 Å². The van der Waals surface area contributed by atoms with E-state index in [1.165, 1.54) is 12.1 Å². The van der Waals surface area contributed by atoms with Gasteiger partial charge in [0.25, 0.3) is 5.91 Å². The summed E-state index contributed by atoms with van der Waals surface area (Å²) in [6.07, 6.45) is 0. The Kier molecular flexibility index (Phi) is 3.02. The quantitative estimate of drug-likeness (QED) is 0.634. The predicted molar refractivity (Wildman–Crippen MR) is 74.8 cm³/mol. The molecule has 0 bridgehead atoms. The molecule has 4 N–H and O–H groups in total. The molecule has 21 heavy (non-hydrogen) atoms. The van der Waals surface area contributed by atoms with Crippen molar-refractivity contribution in [3.63, 3.8) is 0 Å². The summed E-state index contributed by atoms with van der Waals surface area (Å²) < 4.78 is 26.7. The van der Waals surface area contributed by atoms with Crippen LogP contribution in [0.15, 0.2) is 36.4 Å². The van der Waals surface area contributed by atoms with Crippen molar-refractivity contribution in [2.24, 2.45) is 0 Å². The van der Waals surface area contributed by atoms with Gasteiger partial charge in [0.05, 0.1) is 11.2 Å².